The second kappa shape index (κ2) is 6.73. The van der Waals surface area contributed by atoms with Crippen LogP contribution in [0.1, 0.15) is 23.2 Å². The lowest BCUT2D eigenvalue weighted by atomic mass is 10.2. The summed E-state index contributed by atoms with van der Waals surface area (Å²) in [5.74, 6) is -0.210. The van der Waals surface area contributed by atoms with Crippen molar-refractivity contribution in [1.82, 2.24) is 4.90 Å². The van der Waals surface area contributed by atoms with Gasteiger partial charge in [0.1, 0.15) is 6.61 Å². The summed E-state index contributed by atoms with van der Waals surface area (Å²) >= 11 is 0. The minimum atomic E-state index is -0.210. The van der Waals surface area contributed by atoms with E-state index in [-0.39, 0.29) is 18.5 Å². The van der Waals surface area contributed by atoms with Crippen LogP contribution in [0.5, 0.6) is 0 Å². The summed E-state index contributed by atoms with van der Waals surface area (Å²) in [6.45, 7) is 1.39. The molecule has 100 valence electrons. The third kappa shape index (κ3) is 3.95. The molecule has 1 heterocycles. The molecule has 0 N–H and O–H groups in total. The Labute approximate surface area is 112 Å². The Kier molecular flexibility index (Phi) is 4.72. The van der Waals surface area contributed by atoms with Gasteiger partial charge in [0.25, 0.3) is 5.91 Å². The maximum absolute atomic E-state index is 12.3. The highest BCUT2D eigenvalue weighted by molar-refractivity contribution is 5.94. The van der Waals surface area contributed by atoms with Gasteiger partial charge < -0.3 is 9.64 Å². The van der Waals surface area contributed by atoms with Crippen LogP contribution in [0.2, 0.25) is 0 Å². The number of carbonyl (C=O) groups is 2. The number of rotatable bonds is 1. The number of hydrogen-bond donors (Lipinski definition) is 0. The van der Waals surface area contributed by atoms with Crippen LogP contribution in [0, 0.1) is 0 Å². The fourth-order valence-corrected chi connectivity index (χ4v) is 1.94. The van der Waals surface area contributed by atoms with Crippen LogP contribution in [0.4, 0.5) is 0 Å². The Morgan fingerprint density at radius 3 is 2.74 bits per heavy atom. The molecule has 0 saturated heterocycles. The summed E-state index contributed by atoms with van der Waals surface area (Å²) in [6.07, 6.45) is 4.62. The molecule has 0 fully saturated rings. The molecule has 4 nitrogen and oxygen atoms in total. The summed E-state index contributed by atoms with van der Waals surface area (Å²) in [5.41, 5.74) is 0.676. The van der Waals surface area contributed by atoms with E-state index in [2.05, 4.69) is 0 Å². The number of nitrogens with zero attached hydrogens (tertiary/aromatic N) is 1. The first-order chi connectivity index (χ1) is 9.27. The second-order valence-corrected chi connectivity index (χ2v) is 4.38. The van der Waals surface area contributed by atoms with Gasteiger partial charge in [0.2, 0.25) is 0 Å². The van der Waals surface area contributed by atoms with Gasteiger partial charge in [-0.2, -0.15) is 0 Å². The molecule has 0 atom stereocenters. The highest BCUT2D eigenvalue weighted by Crippen LogP contribution is 2.07. The second-order valence-electron chi connectivity index (χ2n) is 4.38. The van der Waals surface area contributed by atoms with E-state index < -0.39 is 0 Å². The SMILES string of the molecule is O=C1CCCN(C(=O)c2ccccc2)C/C=C\CO1. The van der Waals surface area contributed by atoms with Gasteiger partial charge in [-0.15, -0.1) is 0 Å². The van der Waals surface area contributed by atoms with Gasteiger partial charge in [-0.25, -0.2) is 0 Å². The van der Waals surface area contributed by atoms with Crippen molar-refractivity contribution in [3.8, 4) is 0 Å². The molecule has 1 aromatic rings. The zero-order valence-corrected chi connectivity index (χ0v) is 10.7. The number of benzene rings is 1. The standard InChI is InChI=1S/C15H17NO3/c17-14-9-6-11-16(10-4-5-12-19-14)15(18)13-7-2-1-3-8-13/h1-5,7-8H,6,9-12H2/b5-4-. The molecule has 1 amide bonds. The van der Waals surface area contributed by atoms with Crippen molar-refractivity contribution in [1.29, 1.82) is 0 Å². The van der Waals surface area contributed by atoms with E-state index in [0.29, 0.717) is 31.5 Å². The summed E-state index contributed by atoms with van der Waals surface area (Å²) in [4.78, 5) is 25.4. The van der Waals surface area contributed by atoms with Gasteiger partial charge in [0, 0.05) is 25.1 Å². The van der Waals surface area contributed by atoms with Gasteiger partial charge in [-0.3, -0.25) is 9.59 Å². The summed E-state index contributed by atoms with van der Waals surface area (Å²) < 4.78 is 4.97. The predicted octanol–water partition coefficient (Wildman–Crippen LogP) is 2.02. The predicted molar refractivity (Wildman–Crippen MR) is 71.7 cm³/mol. The van der Waals surface area contributed by atoms with E-state index in [0.717, 1.165) is 0 Å². The van der Waals surface area contributed by atoms with Gasteiger partial charge in [-0.1, -0.05) is 24.3 Å². The van der Waals surface area contributed by atoms with Crippen LogP contribution in [0.25, 0.3) is 0 Å². The molecule has 4 heteroatoms. The molecule has 0 saturated carbocycles. The molecule has 1 aliphatic heterocycles. The van der Waals surface area contributed by atoms with Gasteiger partial charge in [0.15, 0.2) is 0 Å². The van der Waals surface area contributed by atoms with Crippen LogP contribution in [0.15, 0.2) is 42.5 Å². The first-order valence-electron chi connectivity index (χ1n) is 6.42. The molecule has 0 spiro atoms. The number of ether oxygens (including phenoxy) is 1. The lowest BCUT2D eigenvalue weighted by Gasteiger charge is -2.21. The molecular formula is C15H17NO3. The Morgan fingerprint density at radius 2 is 1.95 bits per heavy atom. The zero-order valence-electron chi connectivity index (χ0n) is 10.7. The minimum Gasteiger partial charge on any atom is -0.461 e. The Bertz CT molecular complexity index is 468. The first-order valence-corrected chi connectivity index (χ1v) is 6.42. The van der Waals surface area contributed by atoms with Crippen molar-refractivity contribution in [3.63, 3.8) is 0 Å². The fourth-order valence-electron chi connectivity index (χ4n) is 1.94. The quantitative estimate of drug-likeness (QED) is 0.572. The maximum Gasteiger partial charge on any atom is 0.306 e. The van der Waals surface area contributed by atoms with Crippen LogP contribution >= 0.6 is 0 Å². The number of amides is 1. The molecule has 0 radical (unpaired) electrons. The Balaban J connectivity index is 2.06. The van der Waals surface area contributed by atoms with E-state index >= 15 is 0 Å². The molecule has 2 rings (SSSR count). The van der Waals surface area contributed by atoms with Crippen molar-refractivity contribution in [2.75, 3.05) is 19.7 Å². The zero-order chi connectivity index (χ0) is 13.5. The monoisotopic (exact) mass is 259 g/mol. The summed E-state index contributed by atoms with van der Waals surface area (Å²) in [7, 11) is 0. The van der Waals surface area contributed by atoms with E-state index in [1.54, 1.807) is 23.1 Å². The third-order valence-electron chi connectivity index (χ3n) is 2.95. The molecular weight excluding hydrogens is 242 g/mol. The third-order valence-corrected chi connectivity index (χ3v) is 2.95. The van der Waals surface area contributed by atoms with Crippen LogP contribution in [-0.4, -0.2) is 36.5 Å². The molecule has 0 bridgehead atoms. The first kappa shape index (κ1) is 13.3. The number of carbonyl (C=O) groups excluding carboxylic acids is 2. The topological polar surface area (TPSA) is 46.6 Å². The molecule has 1 aromatic carbocycles. The molecule has 1 aliphatic rings. The molecule has 0 aliphatic carbocycles. The summed E-state index contributed by atoms with van der Waals surface area (Å²) in [6, 6.07) is 9.19. The average Bonchev–Trinajstić information content (AvgIpc) is 2.45. The highest BCUT2D eigenvalue weighted by Gasteiger charge is 2.15. The van der Waals surface area contributed by atoms with Crippen LogP contribution in [-0.2, 0) is 9.53 Å². The number of hydrogen-bond acceptors (Lipinski definition) is 3. The highest BCUT2D eigenvalue weighted by atomic mass is 16.5. The maximum atomic E-state index is 12.3. The average molecular weight is 259 g/mol. The molecule has 19 heavy (non-hydrogen) atoms. The van der Waals surface area contributed by atoms with E-state index in [1.165, 1.54) is 0 Å². The molecule has 0 aromatic heterocycles. The minimum absolute atomic E-state index is 0.000749. The van der Waals surface area contributed by atoms with Crippen molar-refractivity contribution in [3.05, 3.63) is 48.0 Å². The fraction of sp³-hybridized carbons (Fsp3) is 0.333. The normalized spacial score (nSPS) is 18.5. The van der Waals surface area contributed by atoms with Crippen molar-refractivity contribution < 1.29 is 14.3 Å². The number of cyclic esters (lactones) is 1. The lowest BCUT2D eigenvalue weighted by molar-refractivity contribution is -0.142. The summed E-state index contributed by atoms with van der Waals surface area (Å²) in [5, 5.41) is 0. The van der Waals surface area contributed by atoms with E-state index in [9.17, 15) is 9.59 Å². The number of esters is 1. The lowest BCUT2D eigenvalue weighted by Crippen LogP contribution is -2.33. The van der Waals surface area contributed by atoms with Crippen molar-refractivity contribution >= 4 is 11.9 Å². The smallest absolute Gasteiger partial charge is 0.306 e. The van der Waals surface area contributed by atoms with E-state index in [4.69, 9.17) is 4.74 Å². The van der Waals surface area contributed by atoms with Crippen LogP contribution in [0.3, 0.4) is 0 Å². The Morgan fingerprint density at radius 1 is 1.16 bits per heavy atom. The van der Waals surface area contributed by atoms with Gasteiger partial charge >= 0.3 is 5.97 Å². The van der Waals surface area contributed by atoms with E-state index in [1.807, 2.05) is 24.3 Å². The largest absolute Gasteiger partial charge is 0.461 e. The van der Waals surface area contributed by atoms with Crippen LogP contribution < -0.4 is 0 Å². The molecule has 0 unspecified atom stereocenters. The van der Waals surface area contributed by atoms with Crippen molar-refractivity contribution in [2.24, 2.45) is 0 Å². The van der Waals surface area contributed by atoms with Crippen molar-refractivity contribution in [2.45, 2.75) is 12.8 Å². The Hall–Kier alpha value is -2.10. The van der Waals surface area contributed by atoms with Gasteiger partial charge in [-0.05, 0) is 24.6 Å². The van der Waals surface area contributed by atoms with Gasteiger partial charge in [0.05, 0.1) is 0 Å².